The van der Waals surface area contributed by atoms with E-state index in [-0.39, 0.29) is 0 Å². The molecule has 0 atom stereocenters. The number of hydrogen-bond acceptors (Lipinski definition) is 7. The Kier molecular flexibility index (Phi) is 10.5. The summed E-state index contributed by atoms with van der Waals surface area (Å²) in [4.78, 5) is 8.95. The molecule has 0 radical (unpaired) electrons. The topological polar surface area (TPSA) is 55.8 Å². The maximum Gasteiger partial charge on any atom is 0.0701 e. The van der Waals surface area contributed by atoms with Crippen molar-refractivity contribution in [3.63, 3.8) is 0 Å². The molecule has 0 aromatic heterocycles. The van der Waals surface area contributed by atoms with E-state index < -0.39 is 0 Å². The number of benzene rings is 2. The van der Waals surface area contributed by atoms with Gasteiger partial charge in [0.05, 0.1) is 58.5 Å². The SMILES string of the molecule is CN(C)c1ccc(N=Cc2ccc(N3CCOCCOCCOCCOCC3)cc2)cc1. The summed E-state index contributed by atoms with van der Waals surface area (Å²) in [6.45, 7) is 6.43. The number of nitrogens with zero attached hydrogens (tertiary/aromatic N) is 3. The first-order valence-electron chi connectivity index (χ1n) is 11.2. The van der Waals surface area contributed by atoms with E-state index in [4.69, 9.17) is 18.9 Å². The molecule has 0 spiro atoms. The Morgan fingerprint density at radius 3 is 1.69 bits per heavy atom. The minimum Gasteiger partial charge on any atom is -0.378 e. The molecule has 0 amide bonds. The molecule has 0 N–H and O–H groups in total. The standard InChI is InChI=1S/C25H35N3O4/c1-27(2)24-9-5-23(6-10-24)26-21-22-3-7-25(8-4-22)28-11-13-29-15-17-31-19-20-32-18-16-30-14-12-28/h3-10,21H,11-20H2,1-2H3. The predicted octanol–water partition coefficient (Wildman–Crippen LogP) is 3.39. The molecule has 174 valence electrons. The van der Waals surface area contributed by atoms with Gasteiger partial charge in [-0.3, -0.25) is 4.99 Å². The summed E-state index contributed by atoms with van der Waals surface area (Å²) >= 11 is 0. The molecule has 3 rings (SSSR count). The molecule has 1 aliphatic heterocycles. The second-order valence-electron chi connectivity index (χ2n) is 7.70. The monoisotopic (exact) mass is 441 g/mol. The maximum atomic E-state index is 5.72. The maximum absolute atomic E-state index is 5.72. The third-order valence-corrected chi connectivity index (χ3v) is 5.11. The number of ether oxygens (including phenoxy) is 4. The Hall–Kier alpha value is -2.45. The molecule has 1 aliphatic rings. The Bertz CT molecular complexity index is 778. The minimum atomic E-state index is 0.589. The van der Waals surface area contributed by atoms with Crippen LogP contribution in [-0.2, 0) is 18.9 Å². The highest BCUT2D eigenvalue weighted by atomic mass is 16.6. The largest absolute Gasteiger partial charge is 0.378 e. The first-order chi connectivity index (χ1) is 15.7. The second-order valence-corrected chi connectivity index (χ2v) is 7.70. The summed E-state index contributed by atoms with van der Waals surface area (Å²) in [5.41, 5.74) is 4.30. The zero-order valence-electron chi connectivity index (χ0n) is 19.2. The Morgan fingerprint density at radius 2 is 1.19 bits per heavy atom. The fraction of sp³-hybridized carbons (Fsp3) is 0.480. The molecule has 7 heteroatoms. The van der Waals surface area contributed by atoms with Crippen LogP contribution in [-0.4, -0.2) is 86.3 Å². The lowest BCUT2D eigenvalue weighted by atomic mass is 10.2. The third-order valence-electron chi connectivity index (χ3n) is 5.11. The first kappa shape index (κ1) is 24.2. The van der Waals surface area contributed by atoms with Crippen molar-refractivity contribution < 1.29 is 18.9 Å². The van der Waals surface area contributed by atoms with Crippen LogP contribution in [0.3, 0.4) is 0 Å². The Balaban J connectivity index is 1.57. The molecule has 32 heavy (non-hydrogen) atoms. The Labute approximate surface area is 191 Å². The zero-order chi connectivity index (χ0) is 22.4. The molecule has 0 bridgehead atoms. The average molecular weight is 442 g/mol. The molecule has 1 saturated heterocycles. The van der Waals surface area contributed by atoms with Crippen LogP contribution in [0.1, 0.15) is 5.56 Å². The van der Waals surface area contributed by atoms with Gasteiger partial charge in [-0.1, -0.05) is 12.1 Å². The van der Waals surface area contributed by atoms with E-state index in [2.05, 4.69) is 51.2 Å². The van der Waals surface area contributed by atoms with Gasteiger partial charge in [-0.15, -0.1) is 0 Å². The molecular formula is C25H35N3O4. The van der Waals surface area contributed by atoms with Crippen LogP contribution in [0.2, 0.25) is 0 Å². The van der Waals surface area contributed by atoms with Crippen LogP contribution in [0.4, 0.5) is 17.1 Å². The van der Waals surface area contributed by atoms with Gasteiger partial charge < -0.3 is 28.7 Å². The third kappa shape index (κ3) is 8.59. The van der Waals surface area contributed by atoms with Gasteiger partial charge >= 0.3 is 0 Å². The van der Waals surface area contributed by atoms with Crippen LogP contribution < -0.4 is 9.80 Å². The van der Waals surface area contributed by atoms with Crippen LogP contribution >= 0.6 is 0 Å². The molecule has 1 heterocycles. The zero-order valence-corrected chi connectivity index (χ0v) is 19.2. The number of anilines is 2. The lowest BCUT2D eigenvalue weighted by molar-refractivity contribution is 0.00206. The Morgan fingerprint density at radius 1 is 0.688 bits per heavy atom. The lowest BCUT2D eigenvalue weighted by Gasteiger charge is -2.25. The van der Waals surface area contributed by atoms with Crippen molar-refractivity contribution in [2.75, 3.05) is 89.8 Å². The van der Waals surface area contributed by atoms with E-state index in [0.717, 1.165) is 35.7 Å². The first-order valence-corrected chi connectivity index (χ1v) is 11.2. The van der Waals surface area contributed by atoms with Gasteiger partial charge in [0.2, 0.25) is 0 Å². The summed E-state index contributed by atoms with van der Waals surface area (Å²) in [6, 6.07) is 16.6. The number of aliphatic imine (C=N–C) groups is 1. The summed E-state index contributed by atoms with van der Waals surface area (Å²) < 4.78 is 22.4. The lowest BCUT2D eigenvalue weighted by Crippen LogP contribution is -2.31. The van der Waals surface area contributed by atoms with Gasteiger partial charge in [0.25, 0.3) is 0 Å². The van der Waals surface area contributed by atoms with Gasteiger partial charge in [-0.2, -0.15) is 0 Å². The normalized spacial score (nSPS) is 17.6. The van der Waals surface area contributed by atoms with Gasteiger partial charge in [0.15, 0.2) is 0 Å². The molecular weight excluding hydrogens is 406 g/mol. The summed E-state index contributed by atoms with van der Waals surface area (Å²) in [5.74, 6) is 0. The van der Waals surface area contributed by atoms with E-state index in [1.54, 1.807) is 0 Å². The number of rotatable bonds is 4. The fourth-order valence-electron chi connectivity index (χ4n) is 3.24. The van der Waals surface area contributed by atoms with Crippen molar-refractivity contribution in [1.29, 1.82) is 0 Å². The van der Waals surface area contributed by atoms with Gasteiger partial charge in [0.1, 0.15) is 0 Å². The smallest absolute Gasteiger partial charge is 0.0701 e. The van der Waals surface area contributed by atoms with E-state index in [1.165, 1.54) is 0 Å². The van der Waals surface area contributed by atoms with E-state index in [1.807, 2.05) is 32.4 Å². The van der Waals surface area contributed by atoms with Gasteiger partial charge in [0, 0.05) is 44.8 Å². The number of hydrogen-bond donors (Lipinski definition) is 0. The van der Waals surface area contributed by atoms with Crippen molar-refractivity contribution in [2.24, 2.45) is 4.99 Å². The summed E-state index contributed by atoms with van der Waals surface area (Å²) in [5, 5.41) is 0. The highest BCUT2D eigenvalue weighted by Gasteiger charge is 2.07. The van der Waals surface area contributed by atoms with Crippen molar-refractivity contribution >= 4 is 23.3 Å². The molecule has 0 unspecified atom stereocenters. The molecule has 0 aliphatic carbocycles. The second kappa shape index (κ2) is 13.9. The van der Waals surface area contributed by atoms with Crippen LogP contribution in [0.25, 0.3) is 0 Å². The van der Waals surface area contributed by atoms with Crippen molar-refractivity contribution in [3.8, 4) is 0 Å². The van der Waals surface area contributed by atoms with E-state index in [0.29, 0.717) is 52.9 Å². The van der Waals surface area contributed by atoms with Crippen LogP contribution in [0.5, 0.6) is 0 Å². The van der Waals surface area contributed by atoms with Crippen LogP contribution in [0.15, 0.2) is 53.5 Å². The van der Waals surface area contributed by atoms with Crippen molar-refractivity contribution in [2.45, 2.75) is 0 Å². The quantitative estimate of drug-likeness (QED) is 0.678. The average Bonchev–Trinajstić information content (AvgIpc) is 2.83. The van der Waals surface area contributed by atoms with Crippen molar-refractivity contribution in [1.82, 2.24) is 0 Å². The van der Waals surface area contributed by atoms with Crippen molar-refractivity contribution in [3.05, 3.63) is 54.1 Å². The summed E-state index contributed by atoms with van der Waals surface area (Å²) in [6.07, 6.45) is 1.90. The van der Waals surface area contributed by atoms with Crippen LogP contribution in [0, 0.1) is 0 Å². The van der Waals surface area contributed by atoms with Gasteiger partial charge in [-0.25, -0.2) is 0 Å². The highest BCUT2D eigenvalue weighted by Crippen LogP contribution is 2.19. The molecule has 2 aromatic carbocycles. The molecule has 2 aromatic rings. The van der Waals surface area contributed by atoms with E-state index in [9.17, 15) is 0 Å². The predicted molar refractivity (Wildman–Crippen MR) is 130 cm³/mol. The molecule has 7 nitrogen and oxygen atoms in total. The molecule has 0 saturated carbocycles. The minimum absolute atomic E-state index is 0.589. The van der Waals surface area contributed by atoms with E-state index >= 15 is 0 Å². The molecule has 1 fully saturated rings. The van der Waals surface area contributed by atoms with Gasteiger partial charge in [-0.05, 0) is 42.0 Å². The fourth-order valence-corrected chi connectivity index (χ4v) is 3.24. The summed E-state index contributed by atoms with van der Waals surface area (Å²) in [7, 11) is 4.06. The highest BCUT2D eigenvalue weighted by molar-refractivity contribution is 5.82.